The van der Waals surface area contributed by atoms with Gasteiger partial charge in [0.2, 0.25) is 27.7 Å². The van der Waals surface area contributed by atoms with Gasteiger partial charge in [-0.05, 0) is 82.1 Å². The third-order valence-electron chi connectivity index (χ3n) is 12.9. The molecule has 4 amide bonds. The van der Waals surface area contributed by atoms with Crippen LogP contribution in [0.15, 0.2) is 54.7 Å². The summed E-state index contributed by atoms with van der Waals surface area (Å²) in [4.78, 5) is 70.1. The molecular weight excluding hydrogens is 773 g/mol. The molecule has 0 radical (unpaired) electrons. The number of amides is 4. The van der Waals surface area contributed by atoms with E-state index in [2.05, 4.69) is 15.0 Å². The molecule has 59 heavy (non-hydrogen) atoms. The number of benzene rings is 1. The fourth-order valence-electron chi connectivity index (χ4n) is 9.32. The summed E-state index contributed by atoms with van der Waals surface area (Å²) in [6.07, 6.45) is 13.6. The topological polar surface area (TPSA) is 177 Å². The maximum atomic E-state index is 14.9. The van der Waals surface area contributed by atoms with E-state index in [1.165, 1.54) is 0 Å². The van der Waals surface area contributed by atoms with E-state index in [9.17, 15) is 27.6 Å². The number of hydrogen-bond acceptors (Lipinski definition) is 10. The van der Waals surface area contributed by atoms with Gasteiger partial charge in [0.05, 0.1) is 35.3 Å². The standard InChI is InChI=1S/C44H52N6O8S/c51-39(49-20-9-4-10-21-49)23-28-11-5-2-1-3-6-12-29-26-44(29,43(54)48-59(55,56)31-14-15-31)47-41(52)36-24-30(27-50(36)42(28)53)58-38-25-35(34-13-7-8-19-45-34)46-40-32(38)16-17-37-33(40)18-22-57-37/h6-8,12-13,16-17,19,25,28-31,36H,1-5,9-11,14-15,18,20-24,26-27H2,(H,47,52)(H,48,54)/t28-,29-,30-,36+,44-/m1/s1. The van der Waals surface area contributed by atoms with Crippen molar-refractivity contribution in [3.8, 4) is 22.9 Å². The van der Waals surface area contributed by atoms with Crippen molar-refractivity contribution in [1.82, 2.24) is 29.8 Å². The molecule has 2 N–H and O–H groups in total. The normalized spacial score (nSPS) is 27.4. The Labute approximate surface area is 344 Å². The van der Waals surface area contributed by atoms with Gasteiger partial charge in [0.25, 0.3) is 5.91 Å². The zero-order valence-corrected chi connectivity index (χ0v) is 34.1. The van der Waals surface area contributed by atoms with Crippen molar-refractivity contribution in [2.75, 3.05) is 26.2 Å². The van der Waals surface area contributed by atoms with Gasteiger partial charge in [0, 0.05) is 67.4 Å². The van der Waals surface area contributed by atoms with Gasteiger partial charge in [-0.1, -0.05) is 31.1 Å². The van der Waals surface area contributed by atoms with Crippen LogP contribution in [0.2, 0.25) is 0 Å². The second-order valence-corrected chi connectivity index (χ2v) is 19.1. The second kappa shape index (κ2) is 16.2. The number of nitrogens with one attached hydrogen (secondary N) is 2. The molecule has 3 aromatic rings. The van der Waals surface area contributed by atoms with E-state index in [1.807, 2.05) is 53.5 Å². The van der Waals surface area contributed by atoms with Crippen LogP contribution in [0, 0.1) is 11.8 Å². The number of nitrogens with zero attached hydrogens (tertiary/aromatic N) is 4. The zero-order chi connectivity index (χ0) is 40.7. The van der Waals surface area contributed by atoms with Crippen molar-refractivity contribution in [3.05, 3.63) is 60.3 Å². The zero-order valence-electron chi connectivity index (χ0n) is 33.3. The van der Waals surface area contributed by atoms with Gasteiger partial charge in [-0.15, -0.1) is 0 Å². The highest BCUT2D eigenvalue weighted by atomic mass is 32.2. The van der Waals surface area contributed by atoms with E-state index in [0.717, 1.165) is 67.2 Å². The lowest BCUT2D eigenvalue weighted by Gasteiger charge is -2.31. The summed E-state index contributed by atoms with van der Waals surface area (Å²) in [5, 5.41) is 3.11. The molecule has 14 nitrogen and oxygen atoms in total. The first-order valence-corrected chi connectivity index (χ1v) is 22.9. The number of pyridine rings is 2. The number of carbonyl (C=O) groups excluding carboxylic acids is 4. The average molecular weight is 825 g/mol. The van der Waals surface area contributed by atoms with E-state index in [-0.39, 0.29) is 37.6 Å². The van der Waals surface area contributed by atoms with Crippen LogP contribution >= 0.6 is 0 Å². The second-order valence-electron chi connectivity index (χ2n) is 17.1. The first-order valence-electron chi connectivity index (χ1n) is 21.4. The van der Waals surface area contributed by atoms with Gasteiger partial charge < -0.3 is 24.6 Å². The summed E-state index contributed by atoms with van der Waals surface area (Å²) in [5.41, 5.74) is 1.49. The SMILES string of the molecule is O=C1N[C@]2(C(=O)NS(=O)(=O)C3CC3)C[C@H]2C=CCCCCC[C@H](CC(=O)N2CCCCC2)C(=O)N2C[C@H](Oc3cc(-c4ccccn4)nc4c5c(ccc34)OCC5)C[C@@H]12. The predicted molar refractivity (Wildman–Crippen MR) is 219 cm³/mol. The van der Waals surface area contributed by atoms with E-state index in [0.29, 0.717) is 62.5 Å². The Kier molecular flexibility index (Phi) is 10.8. The van der Waals surface area contributed by atoms with Gasteiger partial charge in [-0.25, -0.2) is 13.4 Å². The van der Waals surface area contributed by atoms with Crippen LogP contribution in [0.4, 0.5) is 0 Å². The molecule has 0 bridgehead atoms. The summed E-state index contributed by atoms with van der Waals surface area (Å²) >= 11 is 0. The van der Waals surface area contributed by atoms with Gasteiger partial charge in [0.15, 0.2) is 0 Å². The fourth-order valence-corrected chi connectivity index (χ4v) is 10.7. The number of sulfonamides is 1. The van der Waals surface area contributed by atoms with Crippen molar-refractivity contribution < 1.29 is 37.1 Å². The number of likely N-dealkylation sites (tertiary alicyclic amines) is 1. The van der Waals surface area contributed by atoms with Crippen molar-refractivity contribution in [2.24, 2.45) is 11.8 Å². The van der Waals surface area contributed by atoms with Crippen LogP contribution in [0.3, 0.4) is 0 Å². The van der Waals surface area contributed by atoms with Crippen molar-refractivity contribution >= 4 is 44.6 Å². The van der Waals surface area contributed by atoms with Gasteiger partial charge in [0.1, 0.15) is 29.2 Å². The lowest BCUT2D eigenvalue weighted by Crippen LogP contribution is -2.57. The van der Waals surface area contributed by atoms with Crippen LogP contribution in [-0.2, 0) is 35.6 Å². The number of hydrogen-bond donors (Lipinski definition) is 2. The third-order valence-corrected chi connectivity index (χ3v) is 14.7. The summed E-state index contributed by atoms with van der Waals surface area (Å²) in [5.74, 6) is -1.41. The van der Waals surface area contributed by atoms with E-state index < -0.39 is 56.6 Å². The highest BCUT2D eigenvalue weighted by Crippen LogP contribution is 2.46. The van der Waals surface area contributed by atoms with Gasteiger partial charge in [-0.3, -0.25) is 28.9 Å². The molecule has 0 unspecified atom stereocenters. The molecule has 6 aliphatic rings. The maximum Gasteiger partial charge on any atom is 0.259 e. The first kappa shape index (κ1) is 39.4. The highest BCUT2D eigenvalue weighted by Gasteiger charge is 2.62. The molecule has 2 aliphatic carbocycles. The number of rotatable bonds is 8. The molecule has 5 atom stereocenters. The van der Waals surface area contributed by atoms with Crippen molar-refractivity contribution in [1.29, 1.82) is 0 Å². The molecule has 4 fully saturated rings. The molecule has 6 heterocycles. The molecule has 0 spiro atoms. The Morgan fingerprint density at radius 1 is 1.00 bits per heavy atom. The third kappa shape index (κ3) is 8.14. The quantitative estimate of drug-likeness (QED) is 0.305. The smallest absolute Gasteiger partial charge is 0.259 e. The molecule has 2 saturated carbocycles. The van der Waals surface area contributed by atoms with Gasteiger partial charge in [-0.2, -0.15) is 0 Å². The van der Waals surface area contributed by atoms with E-state index >= 15 is 0 Å². The largest absolute Gasteiger partial charge is 0.493 e. The first-order chi connectivity index (χ1) is 28.6. The maximum absolute atomic E-state index is 14.9. The minimum atomic E-state index is -3.89. The molecule has 1 aromatic carbocycles. The van der Waals surface area contributed by atoms with E-state index in [4.69, 9.17) is 14.5 Å². The lowest BCUT2D eigenvalue weighted by atomic mass is 9.94. The summed E-state index contributed by atoms with van der Waals surface area (Å²) in [7, 11) is -3.89. The molecule has 9 rings (SSSR count). The Morgan fingerprint density at radius 2 is 1.83 bits per heavy atom. The minimum Gasteiger partial charge on any atom is -0.493 e. The summed E-state index contributed by atoms with van der Waals surface area (Å²) in [6, 6.07) is 10.2. The number of fused-ring (bicyclic) bond motifs is 5. The summed E-state index contributed by atoms with van der Waals surface area (Å²) in [6.45, 7) is 1.96. The van der Waals surface area contributed by atoms with Crippen LogP contribution in [-0.4, -0.2) is 101 Å². The Hall–Kier alpha value is -5.05. The molecular formula is C44H52N6O8S. The van der Waals surface area contributed by atoms with Crippen LogP contribution in [0.1, 0.15) is 89.0 Å². The highest BCUT2D eigenvalue weighted by molar-refractivity contribution is 7.91. The van der Waals surface area contributed by atoms with Crippen LogP contribution in [0.25, 0.3) is 22.3 Å². The van der Waals surface area contributed by atoms with Gasteiger partial charge >= 0.3 is 0 Å². The number of carbonyl (C=O) groups is 4. The Morgan fingerprint density at radius 3 is 2.63 bits per heavy atom. The Balaban J connectivity index is 1.05. The monoisotopic (exact) mass is 824 g/mol. The number of allylic oxidation sites excluding steroid dienone is 1. The summed E-state index contributed by atoms with van der Waals surface area (Å²) < 4.78 is 40.9. The Bertz CT molecular complexity index is 2280. The number of ether oxygens (including phenoxy) is 2. The molecule has 312 valence electrons. The number of piperidine rings is 1. The van der Waals surface area contributed by atoms with Crippen molar-refractivity contribution in [2.45, 2.75) is 113 Å². The van der Waals surface area contributed by atoms with Crippen LogP contribution < -0.4 is 19.5 Å². The lowest BCUT2D eigenvalue weighted by molar-refractivity contribution is -0.145. The van der Waals surface area contributed by atoms with Crippen molar-refractivity contribution in [3.63, 3.8) is 0 Å². The van der Waals surface area contributed by atoms with E-state index in [1.54, 1.807) is 11.1 Å². The minimum absolute atomic E-state index is 0.0490. The molecule has 2 aromatic heterocycles. The molecule has 2 saturated heterocycles. The number of aromatic nitrogens is 2. The molecule has 4 aliphatic heterocycles. The molecule has 15 heteroatoms. The van der Waals surface area contributed by atoms with Crippen LogP contribution in [0.5, 0.6) is 11.5 Å². The predicted octanol–water partition coefficient (Wildman–Crippen LogP) is 4.60. The average Bonchev–Trinajstić information content (AvgIpc) is 4.12. The fraction of sp³-hybridized carbons (Fsp3) is 0.545.